The topological polar surface area (TPSA) is 23.5 Å². The first kappa shape index (κ1) is 10.3. The van der Waals surface area contributed by atoms with Crippen LogP contribution in [0, 0.1) is 5.92 Å². The highest BCUT2D eigenvalue weighted by molar-refractivity contribution is 6.17. The Balaban J connectivity index is 2.16. The molecule has 1 aliphatic heterocycles. The number of piperidine rings is 1. The van der Waals surface area contributed by atoms with Gasteiger partial charge in [0.15, 0.2) is 0 Å². The number of halogens is 1. The molecule has 1 fully saturated rings. The molecule has 72 valence electrons. The molecule has 1 unspecified atom stereocenters. The molecule has 0 spiro atoms. The summed E-state index contributed by atoms with van der Waals surface area (Å²) in [5.41, 5.74) is 0. The van der Waals surface area contributed by atoms with E-state index in [1.54, 1.807) is 0 Å². The molecule has 0 aliphatic carbocycles. The Labute approximate surface area is 79.5 Å². The normalized spacial score (nSPS) is 26.0. The maximum atomic E-state index is 8.98. The third-order valence-electron chi connectivity index (χ3n) is 2.47. The molecule has 0 bridgehead atoms. The van der Waals surface area contributed by atoms with Gasteiger partial charge < -0.3 is 10.0 Å². The number of likely N-dealkylation sites (tertiary alicyclic amines) is 1. The molecule has 0 aromatic rings. The highest BCUT2D eigenvalue weighted by atomic mass is 35.5. The standard InChI is InChI=1S/C9H18ClNO/c10-4-2-6-11-5-1-3-9(7-11)8-12/h9,12H,1-8H2. The van der Waals surface area contributed by atoms with Crippen molar-refractivity contribution in [2.24, 2.45) is 5.92 Å². The summed E-state index contributed by atoms with van der Waals surface area (Å²) in [5, 5.41) is 8.98. The van der Waals surface area contributed by atoms with E-state index >= 15 is 0 Å². The lowest BCUT2D eigenvalue weighted by atomic mass is 9.99. The molecule has 2 nitrogen and oxygen atoms in total. The minimum Gasteiger partial charge on any atom is -0.396 e. The summed E-state index contributed by atoms with van der Waals surface area (Å²) in [6.07, 6.45) is 3.49. The van der Waals surface area contributed by atoms with E-state index in [1.165, 1.54) is 19.4 Å². The number of hydrogen-bond donors (Lipinski definition) is 1. The molecule has 0 amide bonds. The van der Waals surface area contributed by atoms with Crippen molar-refractivity contribution in [3.8, 4) is 0 Å². The fourth-order valence-corrected chi connectivity index (χ4v) is 1.91. The van der Waals surface area contributed by atoms with E-state index < -0.39 is 0 Å². The second kappa shape index (κ2) is 5.79. The largest absolute Gasteiger partial charge is 0.396 e. The van der Waals surface area contributed by atoms with E-state index in [9.17, 15) is 0 Å². The Morgan fingerprint density at radius 3 is 3.00 bits per heavy atom. The third-order valence-corrected chi connectivity index (χ3v) is 2.74. The van der Waals surface area contributed by atoms with Crippen LogP contribution in [0.3, 0.4) is 0 Å². The average molecular weight is 192 g/mol. The van der Waals surface area contributed by atoms with Crippen molar-refractivity contribution in [2.45, 2.75) is 19.3 Å². The number of aliphatic hydroxyl groups excluding tert-OH is 1. The van der Waals surface area contributed by atoms with Crippen LogP contribution in [0.1, 0.15) is 19.3 Å². The van der Waals surface area contributed by atoms with Crippen molar-refractivity contribution in [1.29, 1.82) is 0 Å². The molecular formula is C9H18ClNO. The summed E-state index contributed by atoms with van der Waals surface area (Å²) >= 11 is 5.61. The highest BCUT2D eigenvalue weighted by Crippen LogP contribution is 2.15. The van der Waals surface area contributed by atoms with Gasteiger partial charge in [0.25, 0.3) is 0 Å². The fraction of sp³-hybridized carbons (Fsp3) is 1.00. The van der Waals surface area contributed by atoms with Crippen LogP contribution in [0.5, 0.6) is 0 Å². The molecule has 1 aliphatic rings. The molecule has 1 rings (SSSR count). The number of nitrogens with zero attached hydrogens (tertiary/aromatic N) is 1. The monoisotopic (exact) mass is 191 g/mol. The lowest BCUT2D eigenvalue weighted by molar-refractivity contribution is 0.121. The predicted octanol–water partition coefficient (Wildman–Crippen LogP) is 1.32. The first-order valence-corrected chi connectivity index (χ1v) is 5.29. The lowest BCUT2D eigenvalue weighted by Crippen LogP contribution is -2.37. The average Bonchev–Trinajstić information content (AvgIpc) is 2.15. The first-order valence-electron chi connectivity index (χ1n) is 4.76. The number of alkyl halides is 1. The molecule has 1 heterocycles. The van der Waals surface area contributed by atoms with Crippen LogP contribution in [-0.4, -0.2) is 42.1 Å². The summed E-state index contributed by atoms with van der Waals surface area (Å²) in [6, 6.07) is 0. The van der Waals surface area contributed by atoms with Crippen LogP contribution in [0.4, 0.5) is 0 Å². The smallest absolute Gasteiger partial charge is 0.0471 e. The zero-order valence-electron chi connectivity index (χ0n) is 7.51. The van der Waals surface area contributed by atoms with Gasteiger partial charge in [0.2, 0.25) is 0 Å². The Morgan fingerprint density at radius 1 is 1.50 bits per heavy atom. The van der Waals surface area contributed by atoms with Crippen molar-refractivity contribution in [3.05, 3.63) is 0 Å². The summed E-state index contributed by atoms with van der Waals surface area (Å²) in [4.78, 5) is 2.41. The second-order valence-corrected chi connectivity index (χ2v) is 3.91. The summed E-state index contributed by atoms with van der Waals surface area (Å²) in [5.74, 6) is 1.26. The van der Waals surface area contributed by atoms with Gasteiger partial charge in [-0.05, 0) is 38.3 Å². The van der Waals surface area contributed by atoms with Crippen LogP contribution in [0.25, 0.3) is 0 Å². The summed E-state index contributed by atoms with van der Waals surface area (Å²) in [6.45, 7) is 3.69. The quantitative estimate of drug-likeness (QED) is 0.678. The van der Waals surface area contributed by atoms with E-state index in [2.05, 4.69) is 4.90 Å². The summed E-state index contributed by atoms with van der Waals surface area (Å²) in [7, 11) is 0. The van der Waals surface area contributed by atoms with Crippen molar-refractivity contribution >= 4 is 11.6 Å². The minimum atomic E-state index is 0.345. The van der Waals surface area contributed by atoms with Gasteiger partial charge >= 0.3 is 0 Å². The van der Waals surface area contributed by atoms with E-state index in [1.807, 2.05) is 0 Å². The third kappa shape index (κ3) is 3.30. The Kier molecular flexibility index (Phi) is 4.96. The van der Waals surface area contributed by atoms with Crippen LogP contribution < -0.4 is 0 Å². The molecule has 12 heavy (non-hydrogen) atoms. The van der Waals surface area contributed by atoms with Crippen molar-refractivity contribution in [3.63, 3.8) is 0 Å². The van der Waals surface area contributed by atoms with E-state index in [0.29, 0.717) is 12.5 Å². The summed E-state index contributed by atoms with van der Waals surface area (Å²) < 4.78 is 0. The van der Waals surface area contributed by atoms with Gasteiger partial charge in [0.1, 0.15) is 0 Å². The van der Waals surface area contributed by atoms with Gasteiger partial charge in [-0.25, -0.2) is 0 Å². The van der Waals surface area contributed by atoms with Gasteiger partial charge in [-0.15, -0.1) is 11.6 Å². The maximum Gasteiger partial charge on any atom is 0.0471 e. The lowest BCUT2D eigenvalue weighted by Gasteiger charge is -2.31. The predicted molar refractivity (Wildman–Crippen MR) is 51.6 cm³/mol. The SMILES string of the molecule is OCC1CCCN(CCCCl)C1. The van der Waals surface area contributed by atoms with Crippen molar-refractivity contribution in [1.82, 2.24) is 4.90 Å². The molecule has 1 N–H and O–H groups in total. The highest BCUT2D eigenvalue weighted by Gasteiger charge is 2.17. The first-order chi connectivity index (χ1) is 5.86. The minimum absolute atomic E-state index is 0.345. The van der Waals surface area contributed by atoms with Crippen molar-refractivity contribution in [2.75, 3.05) is 32.1 Å². The van der Waals surface area contributed by atoms with E-state index in [0.717, 1.165) is 25.4 Å². The van der Waals surface area contributed by atoms with E-state index in [-0.39, 0.29) is 0 Å². The van der Waals surface area contributed by atoms with Gasteiger partial charge in [-0.2, -0.15) is 0 Å². The fourth-order valence-electron chi connectivity index (χ4n) is 1.79. The molecule has 0 aromatic carbocycles. The van der Waals surface area contributed by atoms with Gasteiger partial charge in [-0.3, -0.25) is 0 Å². The molecule has 3 heteroatoms. The molecule has 1 atom stereocenters. The van der Waals surface area contributed by atoms with Gasteiger partial charge in [-0.1, -0.05) is 0 Å². The van der Waals surface area contributed by atoms with Crippen LogP contribution in [-0.2, 0) is 0 Å². The Morgan fingerprint density at radius 2 is 2.33 bits per heavy atom. The molecule has 0 aromatic heterocycles. The molecule has 0 radical (unpaired) electrons. The zero-order chi connectivity index (χ0) is 8.81. The Bertz CT molecular complexity index is 121. The molecule has 0 saturated carbocycles. The maximum absolute atomic E-state index is 8.98. The van der Waals surface area contributed by atoms with Gasteiger partial charge in [0, 0.05) is 19.0 Å². The number of aliphatic hydroxyl groups is 1. The molecule has 1 saturated heterocycles. The molecular weight excluding hydrogens is 174 g/mol. The number of rotatable bonds is 4. The van der Waals surface area contributed by atoms with Crippen LogP contribution >= 0.6 is 11.6 Å². The Hall–Kier alpha value is 0.210. The second-order valence-electron chi connectivity index (χ2n) is 3.53. The zero-order valence-corrected chi connectivity index (χ0v) is 8.26. The van der Waals surface area contributed by atoms with Gasteiger partial charge in [0.05, 0.1) is 0 Å². The van der Waals surface area contributed by atoms with Crippen LogP contribution in [0.15, 0.2) is 0 Å². The van der Waals surface area contributed by atoms with E-state index in [4.69, 9.17) is 16.7 Å². The van der Waals surface area contributed by atoms with Crippen molar-refractivity contribution < 1.29 is 5.11 Å². The number of hydrogen-bond acceptors (Lipinski definition) is 2. The van der Waals surface area contributed by atoms with Crippen LogP contribution in [0.2, 0.25) is 0 Å².